The molecule has 0 bridgehead atoms. The number of amides is 8. The van der Waals surface area contributed by atoms with Gasteiger partial charge in [-0.1, -0.05) is 52.4 Å². The molecule has 4 heterocycles. The van der Waals surface area contributed by atoms with Crippen molar-refractivity contribution in [1.29, 1.82) is 0 Å². The van der Waals surface area contributed by atoms with E-state index in [1.165, 1.54) is 34.1 Å². The van der Waals surface area contributed by atoms with Crippen molar-refractivity contribution in [2.75, 3.05) is 0 Å². The molecule has 0 N–H and O–H groups in total. The fourth-order valence-corrected chi connectivity index (χ4v) is 9.23. The maximum Gasteiger partial charge on any atom is 0.281 e. The van der Waals surface area contributed by atoms with Gasteiger partial charge in [-0.15, -0.1) is 0 Å². The number of carbonyl (C=O) groups is 8. The van der Waals surface area contributed by atoms with Crippen LogP contribution in [0.4, 0.5) is 0 Å². The van der Waals surface area contributed by atoms with E-state index in [4.69, 9.17) is 0 Å². The molecule has 54 heavy (non-hydrogen) atoms. The molecule has 0 saturated heterocycles. The Labute approximate surface area is 311 Å². The van der Waals surface area contributed by atoms with Crippen LogP contribution in [0.5, 0.6) is 0 Å². The first-order valence-electron chi connectivity index (χ1n) is 19.3. The lowest BCUT2D eigenvalue weighted by Gasteiger charge is -2.40. The largest absolute Gasteiger partial charge is 0.281 e. The van der Waals surface area contributed by atoms with Gasteiger partial charge in [0.05, 0.1) is 11.1 Å². The zero-order chi connectivity index (χ0) is 38.3. The van der Waals surface area contributed by atoms with Crippen LogP contribution in [0, 0.1) is 0 Å². The molecule has 8 rings (SSSR count). The van der Waals surface area contributed by atoms with E-state index < -0.39 is 47.3 Å². The summed E-state index contributed by atoms with van der Waals surface area (Å²) in [5, 5.41) is 2.15. The van der Waals surface area contributed by atoms with Crippen LogP contribution < -0.4 is 20.9 Å². The third-order valence-corrected chi connectivity index (χ3v) is 12.0. The Kier molecular flexibility index (Phi) is 8.62. The lowest BCUT2D eigenvalue weighted by atomic mass is 9.82. The molecule has 278 valence electrons. The summed E-state index contributed by atoms with van der Waals surface area (Å²) in [6, 6.07) is 5.17. The van der Waals surface area contributed by atoms with Gasteiger partial charge in [0.25, 0.3) is 47.3 Å². The molecule has 12 heteroatoms. The third-order valence-electron chi connectivity index (χ3n) is 12.0. The summed E-state index contributed by atoms with van der Waals surface area (Å²) in [6.45, 7) is 7.86. The molecular weight excluding hydrogens is 688 g/mol. The van der Waals surface area contributed by atoms with E-state index in [9.17, 15) is 38.4 Å². The Bertz CT molecular complexity index is 2270. The van der Waals surface area contributed by atoms with Crippen LogP contribution in [0.2, 0.25) is 0 Å². The van der Waals surface area contributed by atoms with Gasteiger partial charge in [-0.25, -0.2) is 0 Å². The Morgan fingerprint density at radius 1 is 0.426 bits per heavy atom. The molecule has 0 radical (unpaired) electrons. The fourth-order valence-electron chi connectivity index (χ4n) is 9.23. The van der Waals surface area contributed by atoms with Gasteiger partial charge in [-0.05, 0) is 76.6 Å². The average Bonchev–Trinajstić information content (AvgIpc) is 3.15. The van der Waals surface area contributed by atoms with Crippen LogP contribution in [0.15, 0.2) is 24.3 Å². The molecule has 8 amide bonds. The minimum Gasteiger partial charge on any atom is -0.272 e. The standard InChI is InChI=1S/C42H42N4O8/c1-5-7-9-11-21(3)43-35(47)23-13-17-27-33-28(18-14-24(31(23)33)36(43)48)40(52)45(39(27)51)46-41(53)29-19-15-25-32-26(16-20-30(34(29)32)42(46)54)38(50)44(37(25)49)22(4)12-10-8-6-2/h13,15,17,19,21-22H,5-12,14,16,18,20H2,1-4H3. The number of rotatable bonds is 11. The second-order valence-electron chi connectivity index (χ2n) is 15.2. The van der Waals surface area contributed by atoms with Crippen LogP contribution in [0.25, 0.3) is 22.3 Å². The summed E-state index contributed by atoms with van der Waals surface area (Å²) < 4.78 is 0. The van der Waals surface area contributed by atoms with Crippen molar-refractivity contribution in [1.82, 2.24) is 19.8 Å². The van der Waals surface area contributed by atoms with E-state index >= 15 is 0 Å². The van der Waals surface area contributed by atoms with Gasteiger partial charge < -0.3 is 0 Å². The summed E-state index contributed by atoms with van der Waals surface area (Å²) in [7, 11) is 0. The number of nitrogens with zero attached hydrogens (tertiary/aromatic N) is 4. The lowest BCUT2D eigenvalue weighted by Crippen LogP contribution is -2.65. The van der Waals surface area contributed by atoms with Crippen molar-refractivity contribution in [3.63, 3.8) is 0 Å². The maximum absolute atomic E-state index is 14.4. The summed E-state index contributed by atoms with van der Waals surface area (Å²) >= 11 is 0. The summed E-state index contributed by atoms with van der Waals surface area (Å²) in [6.07, 6.45) is 7.41. The van der Waals surface area contributed by atoms with E-state index in [1.807, 2.05) is 13.8 Å². The molecular formula is C42H42N4O8. The smallest absolute Gasteiger partial charge is 0.272 e. The summed E-state index contributed by atoms with van der Waals surface area (Å²) in [5.74, 6) is -5.42. The first-order chi connectivity index (χ1) is 25.9. The van der Waals surface area contributed by atoms with Gasteiger partial charge >= 0.3 is 0 Å². The second-order valence-corrected chi connectivity index (χ2v) is 15.2. The molecule has 0 saturated carbocycles. The van der Waals surface area contributed by atoms with Gasteiger partial charge in [0.2, 0.25) is 0 Å². The first kappa shape index (κ1) is 35.5. The van der Waals surface area contributed by atoms with Crippen molar-refractivity contribution >= 4 is 69.5 Å². The highest BCUT2D eigenvalue weighted by atomic mass is 16.2. The molecule has 2 aromatic carbocycles. The van der Waals surface area contributed by atoms with E-state index in [-0.39, 0.29) is 92.0 Å². The van der Waals surface area contributed by atoms with Gasteiger partial charge in [0.15, 0.2) is 0 Å². The van der Waals surface area contributed by atoms with Crippen LogP contribution in [0.1, 0.15) is 146 Å². The topological polar surface area (TPSA) is 150 Å². The number of imide groups is 4. The van der Waals surface area contributed by atoms with Gasteiger partial charge in [-0.2, -0.15) is 10.0 Å². The molecule has 4 aliphatic heterocycles. The molecule has 0 spiro atoms. The number of hydrazine groups is 1. The van der Waals surface area contributed by atoms with Crippen molar-refractivity contribution < 1.29 is 38.4 Å². The van der Waals surface area contributed by atoms with Crippen molar-refractivity contribution in [3.8, 4) is 0 Å². The van der Waals surface area contributed by atoms with Crippen LogP contribution in [-0.4, -0.2) is 79.2 Å². The Balaban J connectivity index is 1.19. The van der Waals surface area contributed by atoms with Gasteiger partial charge in [-0.3, -0.25) is 48.2 Å². The second kappa shape index (κ2) is 13.1. The number of benzene rings is 2. The monoisotopic (exact) mass is 730 g/mol. The summed E-state index contributed by atoms with van der Waals surface area (Å²) in [4.78, 5) is 115. The SMILES string of the molecule is CCCCCC(C)N1C(=O)C2=c3c(ccc4c3=C(CC2)C(=O)N(N2C(=O)C3=c5c(ccc6c5=C(CC3)C(=O)N(C(C)CCCCC)C6=O)C2=O)C4=O)C1=O. The predicted octanol–water partition coefficient (Wildman–Crippen LogP) is 2.36. The molecule has 0 aromatic heterocycles. The third kappa shape index (κ3) is 4.87. The molecule has 2 aliphatic carbocycles. The molecule has 6 aliphatic rings. The molecule has 2 atom stereocenters. The highest BCUT2D eigenvalue weighted by Gasteiger charge is 2.49. The molecule has 0 fully saturated rings. The normalized spacial score (nSPS) is 20.0. The zero-order valence-corrected chi connectivity index (χ0v) is 31.0. The molecule has 12 nitrogen and oxygen atoms in total. The van der Waals surface area contributed by atoms with E-state index in [0.29, 0.717) is 34.0 Å². The molecule has 2 aromatic rings. The van der Waals surface area contributed by atoms with Crippen molar-refractivity contribution in [3.05, 3.63) is 67.4 Å². The number of hydrogen-bond donors (Lipinski definition) is 0. The minimum atomic E-state index is -0.928. The molecule has 2 unspecified atom stereocenters. The van der Waals surface area contributed by atoms with Gasteiger partial charge in [0.1, 0.15) is 0 Å². The van der Waals surface area contributed by atoms with Crippen LogP contribution in [0.3, 0.4) is 0 Å². The van der Waals surface area contributed by atoms with E-state index in [2.05, 4.69) is 13.8 Å². The Morgan fingerprint density at radius 3 is 1.04 bits per heavy atom. The number of carbonyl (C=O) groups excluding carboxylic acids is 8. The van der Waals surface area contributed by atoms with Crippen LogP contribution in [-0.2, 0) is 19.2 Å². The fraction of sp³-hybridized carbons (Fsp3) is 0.429. The quantitative estimate of drug-likeness (QED) is 0.253. The maximum atomic E-state index is 14.4. The average molecular weight is 731 g/mol. The minimum absolute atomic E-state index is 0.0102. The Hall–Kier alpha value is -5.52. The number of hydrogen-bond acceptors (Lipinski definition) is 8. The van der Waals surface area contributed by atoms with Crippen LogP contribution >= 0.6 is 0 Å². The van der Waals surface area contributed by atoms with E-state index in [0.717, 1.165) is 38.5 Å². The van der Waals surface area contributed by atoms with E-state index in [1.54, 1.807) is 0 Å². The highest BCUT2D eigenvalue weighted by Crippen LogP contribution is 2.33. The lowest BCUT2D eigenvalue weighted by molar-refractivity contribution is -0.146. The zero-order valence-electron chi connectivity index (χ0n) is 31.0. The predicted molar refractivity (Wildman–Crippen MR) is 195 cm³/mol. The Morgan fingerprint density at radius 2 is 0.722 bits per heavy atom. The first-order valence-corrected chi connectivity index (χ1v) is 19.3. The highest BCUT2D eigenvalue weighted by molar-refractivity contribution is 6.34. The van der Waals surface area contributed by atoms with Crippen molar-refractivity contribution in [2.45, 2.75) is 117 Å². The summed E-state index contributed by atoms with van der Waals surface area (Å²) in [5.41, 5.74) is 1.52. The van der Waals surface area contributed by atoms with Crippen molar-refractivity contribution in [2.24, 2.45) is 0 Å². The number of unbranched alkanes of at least 4 members (excludes halogenated alkanes) is 4. The van der Waals surface area contributed by atoms with Gasteiger partial charge in [0, 0.05) is 66.4 Å².